The van der Waals surface area contributed by atoms with E-state index in [1.165, 1.54) is 16.7 Å². The van der Waals surface area contributed by atoms with Crippen LogP contribution in [0.5, 0.6) is 0 Å². The predicted octanol–water partition coefficient (Wildman–Crippen LogP) is 2.90. The number of aliphatic carboxylic acids is 1. The van der Waals surface area contributed by atoms with E-state index in [1.807, 2.05) is 74.5 Å². The van der Waals surface area contributed by atoms with Crippen LogP contribution in [0.2, 0.25) is 0 Å². The quantitative estimate of drug-likeness (QED) is 0.651. The number of amides is 1. The van der Waals surface area contributed by atoms with Crippen LogP contribution in [-0.2, 0) is 14.4 Å². The van der Waals surface area contributed by atoms with E-state index in [4.69, 9.17) is 0 Å². The number of fused-ring (bicyclic) bond motifs is 1. The number of carbonyl (C=O) groups excluding carboxylic acids is 2. The number of hydrogen-bond acceptors (Lipinski definition) is 4. The number of benzene rings is 2. The smallest absolute Gasteiger partial charge is 0.332 e. The molecule has 0 bridgehead atoms. The molecule has 0 saturated carbocycles. The second-order valence-corrected chi connectivity index (χ2v) is 9.05. The van der Waals surface area contributed by atoms with Crippen molar-refractivity contribution in [1.29, 1.82) is 0 Å². The summed E-state index contributed by atoms with van der Waals surface area (Å²) in [5.41, 5.74) is 0.0240. The Bertz CT molecular complexity index is 888. The van der Waals surface area contributed by atoms with Gasteiger partial charge < -0.3 is 5.11 Å². The van der Waals surface area contributed by atoms with Crippen LogP contribution in [-0.4, -0.2) is 43.3 Å². The van der Waals surface area contributed by atoms with Gasteiger partial charge in [0, 0.05) is 10.7 Å². The first kappa shape index (κ1) is 17.8. The minimum Gasteiger partial charge on any atom is -0.479 e. The summed E-state index contributed by atoms with van der Waals surface area (Å²) in [5, 5.41) is 9.76. The van der Waals surface area contributed by atoms with Crippen molar-refractivity contribution < 1.29 is 19.5 Å². The topological polar surface area (TPSA) is 74.7 Å². The molecule has 5 nitrogen and oxygen atoms in total. The summed E-state index contributed by atoms with van der Waals surface area (Å²) in [6.07, 6.45) is 0. The Morgan fingerprint density at radius 2 is 1.48 bits per heavy atom. The van der Waals surface area contributed by atoms with Gasteiger partial charge in [-0.3, -0.25) is 14.5 Å². The molecule has 6 heteroatoms. The molecule has 4 rings (SSSR count). The summed E-state index contributed by atoms with van der Waals surface area (Å²) >= 11 is 1.26. The Labute approximate surface area is 161 Å². The van der Waals surface area contributed by atoms with E-state index < -0.39 is 39.2 Å². The normalized spacial score (nSPS) is 26.0. The highest BCUT2D eigenvalue weighted by molar-refractivity contribution is 8.02. The monoisotopic (exact) mass is 381 g/mol. The maximum atomic E-state index is 12.9. The Morgan fingerprint density at radius 1 is 1.00 bits per heavy atom. The maximum absolute atomic E-state index is 12.9. The van der Waals surface area contributed by atoms with Gasteiger partial charge >= 0.3 is 5.97 Å². The second-order valence-electron chi connectivity index (χ2n) is 7.35. The van der Waals surface area contributed by atoms with Crippen molar-refractivity contribution in [1.82, 2.24) is 4.90 Å². The van der Waals surface area contributed by atoms with E-state index >= 15 is 0 Å². The summed E-state index contributed by atoms with van der Waals surface area (Å²) in [5.74, 6) is -2.93. The average Bonchev–Trinajstić information content (AvgIpc) is 2.89. The van der Waals surface area contributed by atoms with Crippen molar-refractivity contribution in [2.24, 2.45) is 0 Å². The van der Waals surface area contributed by atoms with Gasteiger partial charge in [-0.1, -0.05) is 60.7 Å². The third kappa shape index (κ3) is 2.22. The van der Waals surface area contributed by atoms with Crippen LogP contribution in [0, 0.1) is 0 Å². The standard InChI is InChI=1S/C21H19NO4S/c1-20(2)21(19(25)26,22-17(24)16(23)18(22)27-20)15(13-9-5-3-6-10-13)14-11-7-4-8-12-14/h3-12,15,18H,1-2H3,(H,25,26)/t18-,21+/m1/s1. The molecule has 27 heavy (non-hydrogen) atoms. The number of ketones is 1. The summed E-state index contributed by atoms with van der Waals surface area (Å²) in [7, 11) is 0. The number of β-lactam (4-membered cyclic amide) rings is 1. The maximum Gasteiger partial charge on any atom is 0.332 e. The molecule has 1 amide bonds. The van der Waals surface area contributed by atoms with Gasteiger partial charge in [0.05, 0.1) is 0 Å². The molecular weight excluding hydrogens is 362 g/mol. The van der Waals surface area contributed by atoms with Gasteiger partial charge in [0.25, 0.3) is 11.7 Å². The number of carboxylic acids is 1. The fourth-order valence-corrected chi connectivity index (χ4v) is 6.05. The molecule has 2 aliphatic heterocycles. The number of carbonyl (C=O) groups is 3. The van der Waals surface area contributed by atoms with Crippen LogP contribution in [0.15, 0.2) is 60.7 Å². The van der Waals surface area contributed by atoms with E-state index in [0.717, 1.165) is 11.1 Å². The zero-order valence-corrected chi connectivity index (χ0v) is 15.8. The first-order valence-electron chi connectivity index (χ1n) is 8.71. The van der Waals surface area contributed by atoms with E-state index in [-0.39, 0.29) is 0 Å². The number of nitrogens with zero attached hydrogens (tertiary/aromatic N) is 1. The molecular formula is C21H19NO4S. The molecule has 0 unspecified atom stereocenters. The van der Waals surface area contributed by atoms with E-state index in [0.29, 0.717) is 0 Å². The summed E-state index contributed by atoms with van der Waals surface area (Å²) in [6, 6.07) is 18.7. The van der Waals surface area contributed by atoms with Gasteiger partial charge in [-0.2, -0.15) is 0 Å². The van der Waals surface area contributed by atoms with Crippen molar-refractivity contribution in [3.05, 3.63) is 71.8 Å². The first-order valence-corrected chi connectivity index (χ1v) is 9.59. The van der Waals surface area contributed by atoms with Crippen LogP contribution in [0.25, 0.3) is 0 Å². The average molecular weight is 381 g/mol. The van der Waals surface area contributed by atoms with Crippen LogP contribution < -0.4 is 0 Å². The highest BCUT2D eigenvalue weighted by atomic mass is 32.2. The molecule has 0 aliphatic carbocycles. The fourth-order valence-electron chi connectivity index (χ4n) is 4.43. The Morgan fingerprint density at radius 3 is 1.93 bits per heavy atom. The van der Waals surface area contributed by atoms with Crippen molar-refractivity contribution in [3.8, 4) is 0 Å². The molecule has 2 heterocycles. The van der Waals surface area contributed by atoms with Gasteiger partial charge in [0.15, 0.2) is 5.54 Å². The lowest BCUT2D eigenvalue weighted by molar-refractivity contribution is -0.174. The molecule has 0 radical (unpaired) electrons. The third-order valence-corrected chi connectivity index (χ3v) is 7.15. The third-order valence-electron chi connectivity index (χ3n) is 5.60. The van der Waals surface area contributed by atoms with Gasteiger partial charge in [-0.05, 0) is 25.0 Å². The summed E-state index contributed by atoms with van der Waals surface area (Å²) < 4.78 is -0.873. The number of carboxylic acid groups (broad SMARTS) is 1. The fraction of sp³-hybridized carbons (Fsp3) is 0.286. The molecule has 2 fully saturated rings. The van der Waals surface area contributed by atoms with Crippen LogP contribution in [0.1, 0.15) is 30.9 Å². The molecule has 138 valence electrons. The van der Waals surface area contributed by atoms with E-state index in [1.54, 1.807) is 0 Å². The van der Waals surface area contributed by atoms with Gasteiger partial charge in [-0.25, -0.2) is 4.79 Å². The lowest BCUT2D eigenvalue weighted by Gasteiger charge is -2.50. The SMILES string of the molecule is CC1(C)S[C@@H]2C(=O)C(=O)N2[C@]1(C(=O)O)C(c1ccccc1)c1ccccc1. The first-order chi connectivity index (χ1) is 12.8. The van der Waals surface area contributed by atoms with Crippen LogP contribution in [0.3, 0.4) is 0 Å². The minimum atomic E-state index is -1.57. The van der Waals surface area contributed by atoms with E-state index in [2.05, 4.69) is 0 Å². The van der Waals surface area contributed by atoms with Crippen molar-refractivity contribution in [2.45, 2.75) is 35.4 Å². The number of Topliss-reactive ketones (excluding diaryl/α,β-unsaturated/α-hetero) is 1. The molecule has 1 N–H and O–H groups in total. The second kappa shape index (κ2) is 5.96. The summed E-state index contributed by atoms with van der Waals surface area (Å²) in [4.78, 5) is 38.8. The Kier molecular flexibility index (Phi) is 3.93. The summed E-state index contributed by atoms with van der Waals surface area (Å²) in [6.45, 7) is 3.62. The molecule has 2 aliphatic rings. The number of hydrogen-bond donors (Lipinski definition) is 1. The molecule has 2 atom stereocenters. The number of thioether (sulfide) groups is 1. The molecule has 2 aromatic rings. The largest absolute Gasteiger partial charge is 0.479 e. The highest BCUT2D eigenvalue weighted by Crippen LogP contribution is 2.61. The highest BCUT2D eigenvalue weighted by Gasteiger charge is 2.75. The van der Waals surface area contributed by atoms with Crippen LogP contribution in [0.4, 0.5) is 0 Å². The molecule has 0 spiro atoms. The van der Waals surface area contributed by atoms with Crippen LogP contribution >= 0.6 is 11.8 Å². The van der Waals surface area contributed by atoms with Gasteiger partial charge in [-0.15, -0.1) is 11.8 Å². The predicted molar refractivity (Wildman–Crippen MR) is 102 cm³/mol. The van der Waals surface area contributed by atoms with Crippen molar-refractivity contribution >= 4 is 29.4 Å². The van der Waals surface area contributed by atoms with E-state index in [9.17, 15) is 19.5 Å². The number of rotatable bonds is 4. The molecule has 2 aromatic carbocycles. The van der Waals surface area contributed by atoms with Gasteiger partial charge in [0.2, 0.25) is 0 Å². The lowest BCUT2D eigenvalue weighted by Crippen LogP contribution is -2.73. The van der Waals surface area contributed by atoms with Gasteiger partial charge in [0.1, 0.15) is 5.37 Å². The van der Waals surface area contributed by atoms with Crippen molar-refractivity contribution in [3.63, 3.8) is 0 Å². The Balaban J connectivity index is 2.02. The molecule has 2 saturated heterocycles. The minimum absolute atomic E-state index is 0.518. The zero-order chi connectivity index (χ0) is 19.4. The molecule has 0 aromatic heterocycles. The van der Waals surface area contributed by atoms with Crippen molar-refractivity contribution in [2.75, 3.05) is 0 Å². The lowest BCUT2D eigenvalue weighted by atomic mass is 9.66. The Hall–Kier alpha value is -2.60. The zero-order valence-electron chi connectivity index (χ0n) is 15.0.